The molecule has 1 aromatic rings. The van der Waals surface area contributed by atoms with Gasteiger partial charge in [0, 0.05) is 5.69 Å². The molecule has 20 heavy (non-hydrogen) atoms. The summed E-state index contributed by atoms with van der Waals surface area (Å²) in [6.07, 6.45) is 0.611. The van der Waals surface area contributed by atoms with Gasteiger partial charge in [-0.2, -0.15) is 0 Å². The second-order valence-electron chi connectivity index (χ2n) is 4.43. The van der Waals surface area contributed by atoms with E-state index in [1.807, 2.05) is 6.92 Å². The largest absolute Gasteiger partial charge is 0.480 e. The molecule has 1 unspecified atom stereocenters. The van der Waals surface area contributed by atoms with E-state index < -0.39 is 23.9 Å². The van der Waals surface area contributed by atoms with Gasteiger partial charge in [-0.25, -0.2) is 14.0 Å². The van der Waals surface area contributed by atoms with Crippen molar-refractivity contribution in [3.63, 3.8) is 0 Å². The number of nitrogens with one attached hydrogen (secondary N) is 2. The van der Waals surface area contributed by atoms with Gasteiger partial charge in [-0.3, -0.25) is 0 Å². The summed E-state index contributed by atoms with van der Waals surface area (Å²) in [5.41, 5.74) is 0.280. The first-order valence-corrected chi connectivity index (χ1v) is 6.48. The second-order valence-corrected chi connectivity index (χ2v) is 4.84. The number of carbonyl (C=O) groups excluding carboxylic acids is 1. The fourth-order valence-corrected chi connectivity index (χ4v) is 1.75. The van der Waals surface area contributed by atoms with Crippen molar-refractivity contribution in [1.29, 1.82) is 0 Å². The third-order valence-corrected chi connectivity index (χ3v) is 3.23. The van der Waals surface area contributed by atoms with Gasteiger partial charge in [-0.05, 0) is 24.1 Å². The van der Waals surface area contributed by atoms with Crippen LogP contribution in [0.15, 0.2) is 18.2 Å². The molecule has 2 atom stereocenters. The number of hydrogen-bond acceptors (Lipinski definition) is 2. The normalized spacial score (nSPS) is 13.4. The van der Waals surface area contributed by atoms with Gasteiger partial charge in [0.2, 0.25) is 0 Å². The van der Waals surface area contributed by atoms with Crippen LogP contribution in [-0.4, -0.2) is 23.1 Å². The van der Waals surface area contributed by atoms with E-state index in [9.17, 15) is 14.0 Å². The number of carboxylic acids is 1. The number of carbonyl (C=O) groups is 2. The fourth-order valence-electron chi connectivity index (χ4n) is 1.57. The fraction of sp³-hybridized carbons (Fsp3) is 0.385. The monoisotopic (exact) mass is 302 g/mol. The van der Waals surface area contributed by atoms with E-state index in [0.717, 1.165) is 6.07 Å². The van der Waals surface area contributed by atoms with E-state index in [-0.39, 0.29) is 16.6 Å². The summed E-state index contributed by atoms with van der Waals surface area (Å²) in [4.78, 5) is 22.8. The molecule has 0 aromatic heterocycles. The highest BCUT2D eigenvalue weighted by molar-refractivity contribution is 6.31. The third kappa shape index (κ3) is 4.38. The molecule has 2 amide bonds. The van der Waals surface area contributed by atoms with Gasteiger partial charge in [0.1, 0.15) is 11.9 Å². The highest BCUT2D eigenvalue weighted by Crippen LogP contribution is 2.19. The lowest BCUT2D eigenvalue weighted by atomic mass is 9.99. The molecule has 5 nitrogen and oxygen atoms in total. The van der Waals surface area contributed by atoms with Crippen molar-refractivity contribution in [3.8, 4) is 0 Å². The Morgan fingerprint density at radius 2 is 2.10 bits per heavy atom. The maximum atomic E-state index is 13.0. The lowest BCUT2D eigenvalue weighted by Crippen LogP contribution is -2.46. The Hall–Kier alpha value is -1.82. The van der Waals surface area contributed by atoms with Crippen LogP contribution < -0.4 is 10.6 Å². The number of rotatable bonds is 5. The maximum absolute atomic E-state index is 13.0. The molecule has 1 rings (SSSR count). The van der Waals surface area contributed by atoms with Crippen LogP contribution in [0.4, 0.5) is 14.9 Å². The molecule has 0 fully saturated rings. The van der Waals surface area contributed by atoms with Crippen molar-refractivity contribution in [1.82, 2.24) is 5.32 Å². The molecular weight excluding hydrogens is 287 g/mol. The van der Waals surface area contributed by atoms with Crippen LogP contribution in [0.25, 0.3) is 0 Å². The quantitative estimate of drug-likeness (QED) is 0.782. The summed E-state index contributed by atoms with van der Waals surface area (Å²) in [6, 6.07) is 2.02. The van der Waals surface area contributed by atoms with E-state index in [0.29, 0.717) is 6.42 Å². The lowest BCUT2D eigenvalue weighted by molar-refractivity contribution is -0.140. The highest BCUT2D eigenvalue weighted by atomic mass is 35.5. The van der Waals surface area contributed by atoms with Crippen LogP contribution in [0.2, 0.25) is 5.02 Å². The SMILES string of the molecule is CCC(C)[C@H](NC(=O)Nc1ccc(F)c(Cl)c1)C(=O)O. The topological polar surface area (TPSA) is 78.4 Å². The number of aliphatic carboxylic acids is 1. The predicted octanol–water partition coefficient (Wildman–Crippen LogP) is 3.10. The molecule has 0 saturated carbocycles. The molecule has 1 aromatic carbocycles. The minimum Gasteiger partial charge on any atom is -0.480 e. The van der Waals surface area contributed by atoms with Gasteiger partial charge >= 0.3 is 12.0 Å². The third-order valence-electron chi connectivity index (χ3n) is 2.94. The average molecular weight is 303 g/mol. The Bertz CT molecular complexity index is 510. The Balaban J connectivity index is 2.70. The van der Waals surface area contributed by atoms with Gasteiger partial charge in [0.05, 0.1) is 5.02 Å². The molecule has 0 aliphatic rings. The van der Waals surface area contributed by atoms with E-state index in [1.54, 1.807) is 6.92 Å². The minimum atomic E-state index is -1.10. The molecule has 0 saturated heterocycles. The molecule has 7 heteroatoms. The number of halogens is 2. The van der Waals surface area contributed by atoms with Crippen molar-refractivity contribution >= 4 is 29.3 Å². The van der Waals surface area contributed by atoms with E-state index in [1.165, 1.54) is 12.1 Å². The van der Waals surface area contributed by atoms with Crippen molar-refractivity contribution < 1.29 is 19.1 Å². The number of benzene rings is 1. The summed E-state index contributed by atoms with van der Waals surface area (Å²) < 4.78 is 13.0. The van der Waals surface area contributed by atoms with E-state index in [4.69, 9.17) is 16.7 Å². The predicted molar refractivity (Wildman–Crippen MR) is 74.4 cm³/mol. The summed E-state index contributed by atoms with van der Waals surface area (Å²) in [5, 5.41) is 13.7. The zero-order chi connectivity index (χ0) is 15.3. The van der Waals surface area contributed by atoms with Crippen LogP contribution in [0.1, 0.15) is 20.3 Å². The van der Waals surface area contributed by atoms with Gasteiger partial charge in [-0.15, -0.1) is 0 Å². The summed E-state index contributed by atoms with van der Waals surface area (Å²) >= 11 is 5.59. The van der Waals surface area contributed by atoms with E-state index in [2.05, 4.69) is 10.6 Å². The van der Waals surface area contributed by atoms with Crippen LogP contribution in [-0.2, 0) is 4.79 Å². The Morgan fingerprint density at radius 3 is 2.60 bits per heavy atom. The number of anilines is 1. The standard InChI is InChI=1S/C13H16ClFN2O3/c1-3-7(2)11(12(18)19)17-13(20)16-8-4-5-10(15)9(14)6-8/h4-7,11H,3H2,1-2H3,(H,18,19)(H2,16,17,20)/t7?,11-/m0/s1. The van der Waals surface area contributed by atoms with Crippen molar-refractivity contribution in [2.24, 2.45) is 5.92 Å². The zero-order valence-corrected chi connectivity index (χ0v) is 11.9. The summed E-state index contributed by atoms with van der Waals surface area (Å²) in [7, 11) is 0. The maximum Gasteiger partial charge on any atom is 0.326 e. The lowest BCUT2D eigenvalue weighted by Gasteiger charge is -2.20. The molecule has 110 valence electrons. The number of amides is 2. The molecule has 0 radical (unpaired) electrons. The Morgan fingerprint density at radius 1 is 1.45 bits per heavy atom. The first-order valence-electron chi connectivity index (χ1n) is 6.10. The van der Waals surface area contributed by atoms with Crippen molar-refractivity contribution in [2.75, 3.05) is 5.32 Å². The second kappa shape index (κ2) is 7.09. The van der Waals surface area contributed by atoms with Crippen LogP contribution in [0.5, 0.6) is 0 Å². The van der Waals surface area contributed by atoms with Gasteiger partial charge < -0.3 is 15.7 Å². The summed E-state index contributed by atoms with van der Waals surface area (Å²) in [6.45, 7) is 3.56. The molecule has 0 aliphatic carbocycles. The van der Waals surface area contributed by atoms with Gasteiger partial charge in [0.15, 0.2) is 0 Å². The number of urea groups is 1. The van der Waals surface area contributed by atoms with Crippen molar-refractivity contribution in [3.05, 3.63) is 29.0 Å². The average Bonchev–Trinajstić information content (AvgIpc) is 2.39. The van der Waals surface area contributed by atoms with Crippen LogP contribution >= 0.6 is 11.6 Å². The molecule has 3 N–H and O–H groups in total. The first kappa shape index (κ1) is 16.2. The molecular formula is C13H16ClFN2O3. The van der Waals surface area contributed by atoms with Gasteiger partial charge in [-0.1, -0.05) is 31.9 Å². The minimum absolute atomic E-state index is 0.125. The highest BCUT2D eigenvalue weighted by Gasteiger charge is 2.25. The number of carboxylic acid groups (broad SMARTS) is 1. The van der Waals surface area contributed by atoms with Crippen LogP contribution in [0, 0.1) is 11.7 Å². The smallest absolute Gasteiger partial charge is 0.326 e. The zero-order valence-electron chi connectivity index (χ0n) is 11.1. The molecule has 0 bridgehead atoms. The summed E-state index contributed by atoms with van der Waals surface area (Å²) in [5.74, 6) is -1.91. The van der Waals surface area contributed by atoms with E-state index >= 15 is 0 Å². The van der Waals surface area contributed by atoms with Crippen LogP contribution in [0.3, 0.4) is 0 Å². The Kier molecular flexibility index (Phi) is 5.76. The first-order chi connectivity index (χ1) is 9.35. The number of hydrogen-bond donors (Lipinski definition) is 3. The Labute approximate surface area is 121 Å². The van der Waals surface area contributed by atoms with Gasteiger partial charge in [0.25, 0.3) is 0 Å². The molecule has 0 aliphatic heterocycles. The molecule has 0 spiro atoms. The molecule has 0 heterocycles. The van der Waals surface area contributed by atoms with Crippen molar-refractivity contribution in [2.45, 2.75) is 26.3 Å².